The van der Waals surface area contributed by atoms with E-state index in [9.17, 15) is 13.2 Å². The number of hydrogen-bond acceptors (Lipinski definition) is 4. The number of benzene rings is 2. The van der Waals surface area contributed by atoms with Crippen LogP contribution in [0.4, 0.5) is 0 Å². The van der Waals surface area contributed by atoms with Crippen LogP contribution in [0.2, 0.25) is 5.02 Å². The summed E-state index contributed by atoms with van der Waals surface area (Å²) in [5.41, 5.74) is 0.956. The van der Waals surface area contributed by atoms with Crippen molar-refractivity contribution in [2.24, 2.45) is 0 Å². The van der Waals surface area contributed by atoms with Crippen LogP contribution in [0, 0.1) is 0 Å². The summed E-state index contributed by atoms with van der Waals surface area (Å²) in [4.78, 5) is 17.4. The highest BCUT2D eigenvalue weighted by Crippen LogP contribution is 2.27. The van der Waals surface area contributed by atoms with Gasteiger partial charge < -0.3 is 4.90 Å². The monoisotopic (exact) mass is 449 g/mol. The van der Waals surface area contributed by atoms with Crippen molar-refractivity contribution >= 4 is 27.5 Å². The summed E-state index contributed by atoms with van der Waals surface area (Å²) in [6.45, 7) is 6.80. The van der Waals surface area contributed by atoms with Gasteiger partial charge in [-0.25, -0.2) is 8.42 Å². The molecule has 0 aliphatic carbocycles. The molecule has 0 spiro atoms. The molecular weight excluding hydrogens is 422 g/mol. The third-order valence-electron chi connectivity index (χ3n) is 5.53. The number of rotatable bonds is 7. The third kappa shape index (κ3) is 4.70. The van der Waals surface area contributed by atoms with Crippen molar-refractivity contribution in [3.8, 4) is 0 Å². The molecule has 1 aliphatic heterocycles. The van der Waals surface area contributed by atoms with Gasteiger partial charge >= 0.3 is 0 Å². The largest absolute Gasteiger partial charge is 0.338 e. The zero-order valence-electron chi connectivity index (χ0n) is 17.4. The first-order valence-electron chi connectivity index (χ1n) is 10.2. The molecule has 1 amide bonds. The van der Waals surface area contributed by atoms with Crippen LogP contribution in [0.3, 0.4) is 0 Å². The Balaban J connectivity index is 1.76. The third-order valence-corrected chi connectivity index (χ3v) is 7.93. The maximum Gasteiger partial charge on any atom is 0.244 e. The van der Waals surface area contributed by atoms with E-state index in [4.69, 9.17) is 11.6 Å². The summed E-state index contributed by atoms with van der Waals surface area (Å²) in [5, 5.41) is 0.210. The Morgan fingerprint density at radius 2 is 1.53 bits per heavy atom. The number of carbonyl (C=O) groups excluding carboxylic acids is 1. The van der Waals surface area contributed by atoms with Crippen molar-refractivity contribution in [2.75, 3.05) is 39.3 Å². The van der Waals surface area contributed by atoms with E-state index in [1.165, 1.54) is 10.4 Å². The molecule has 2 aromatic rings. The van der Waals surface area contributed by atoms with Crippen molar-refractivity contribution in [3.63, 3.8) is 0 Å². The average Bonchev–Trinajstić information content (AvgIpc) is 2.78. The van der Waals surface area contributed by atoms with Crippen LogP contribution < -0.4 is 0 Å². The van der Waals surface area contributed by atoms with Crippen LogP contribution in [-0.2, 0) is 14.8 Å². The molecule has 0 N–H and O–H groups in total. The number of nitrogens with zero attached hydrogens (tertiary/aromatic N) is 3. The molecule has 6 nitrogen and oxygen atoms in total. The number of halogens is 1. The predicted octanol–water partition coefficient (Wildman–Crippen LogP) is 3.26. The Labute approximate surface area is 184 Å². The smallest absolute Gasteiger partial charge is 0.244 e. The van der Waals surface area contributed by atoms with Crippen molar-refractivity contribution in [1.29, 1.82) is 0 Å². The molecule has 2 aromatic carbocycles. The van der Waals surface area contributed by atoms with Crippen LogP contribution in [-0.4, -0.2) is 67.7 Å². The molecule has 3 rings (SSSR count). The van der Waals surface area contributed by atoms with Gasteiger partial charge in [0.15, 0.2) is 0 Å². The minimum Gasteiger partial charge on any atom is -0.338 e. The maximum atomic E-state index is 13.4. The molecule has 0 bridgehead atoms. The molecular formula is C22H28ClN3O3S. The van der Waals surface area contributed by atoms with E-state index in [0.717, 1.165) is 18.7 Å². The topological polar surface area (TPSA) is 60.9 Å². The minimum absolute atomic E-state index is 0.0136. The summed E-state index contributed by atoms with van der Waals surface area (Å²) in [6, 6.07) is 15.8. The maximum absolute atomic E-state index is 13.4. The van der Waals surface area contributed by atoms with Gasteiger partial charge in [-0.3, -0.25) is 9.69 Å². The van der Waals surface area contributed by atoms with E-state index in [2.05, 4.69) is 4.90 Å². The zero-order chi connectivity index (χ0) is 21.7. The van der Waals surface area contributed by atoms with Gasteiger partial charge in [-0.1, -0.05) is 67.9 Å². The fourth-order valence-corrected chi connectivity index (χ4v) is 5.76. The van der Waals surface area contributed by atoms with Gasteiger partial charge in [0, 0.05) is 26.2 Å². The molecule has 0 saturated carbocycles. The molecule has 0 radical (unpaired) electrons. The standard InChI is InChI=1S/C22H28ClN3O3S/c1-3-24(4-2)21(18-10-6-5-7-11-18)22(27)25-14-16-26(17-15-25)30(28,29)20-13-9-8-12-19(20)23/h5-13,21H,3-4,14-17H2,1-2H3. The number of hydrogen-bond donors (Lipinski definition) is 0. The van der Waals surface area contributed by atoms with Gasteiger partial charge in [0.25, 0.3) is 0 Å². The highest BCUT2D eigenvalue weighted by Gasteiger charge is 2.35. The number of likely N-dealkylation sites (N-methyl/N-ethyl adjacent to an activating group) is 1. The summed E-state index contributed by atoms with van der Waals surface area (Å²) >= 11 is 6.11. The van der Waals surface area contributed by atoms with Gasteiger partial charge in [-0.05, 0) is 30.8 Å². The van der Waals surface area contributed by atoms with Crippen LogP contribution in [0.15, 0.2) is 59.5 Å². The molecule has 1 saturated heterocycles. The minimum atomic E-state index is -3.69. The highest BCUT2D eigenvalue weighted by molar-refractivity contribution is 7.89. The van der Waals surface area contributed by atoms with E-state index in [1.54, 1.807) is 23.1 Å². The van der Waals surface area contributed by atoms with Crippen LogP contribution in [0.25, 0.3) is 0 Å². The summed E-state index contributed by atoms with van der Waals surface area (Å²) in [6.07, 6.45) is 0. The Morgan fingerprint density at radius 1 is 0.967 bits per heavy atom. The SMILES string of the molecule is CCN(CC)C(C(=O)N1CCN(S(=O)(=O)c2ccccc2Cl)CC1)c1ccccc1. The first-order chi connectivity index (χ1) is 14.4. The van der Waals surface area contributed by atoms with Gasteiger partial charge in [-0.15, -0.1) is 0 Å². The molecule has 1 aliphatic rings. The van der Waals surface area contributed by atoms with Gasteiger partial charge in [-0.2, -0.15) is 4.31 Å². The normalized spacial score (nSPS) is 16.6. The van der Waals surface area contributed by atoms with Crippen molar-refractivity contribution in [3.05, 3.63) is 65.2 Å². The molecule has 30 heavy (non-hydrogen) atoms. The van der Waals surface area contributed by atoms with Crippen LogP contribution >= 0.6 is 11.6 Å². The Morgan fingerprint density at radius 3 is 2.10 bits per heavy atom. The Hall–Kier alpha value is -1.93. The lowest BCUT2D eigenvalue weighted by atomic mass is 10.0. The second-order valence-corrected chi connectivity index (χ2v) is 9.51. The second-order valence-electron chi connectivity index (χ2n) is 7.19. The fourth-order valence-electron chi connectivity index (χ4n) is 3.85. The van der Waals surface area contributed by atoms with E-state index in [0.29, 0.717) is 13.1 Å². The van der Waals surface area contributed by atoms with E-state index in [1.807, 2.05) is 44.2 Å². The van der Waals surface area contributed by atoms with Gasteiger partial charge in [0.1, 0.15) is 10.9 Å². The first-order valence-corrected chi connectivity index (χ1v) is 12.0. The lowest BCUT2D eigenvalue weighted by Crippen LogP contribution is -2.53. The Bertz CT molecular complexity index is 957. The summed E-state index contributed by atoms with van der Waals surface area (Å²) in [5.74, 6) is 0.0136. The lowest BCUT2D eigenvalue weighted by molar-refractivity contribution is -0.138. The molecule has 1 unspecified atom stereocenters. The average molecular weight is 450 g/mol. The van der Waals surface area contributed by atoms with E-state index in [-0.39, 0.29) is 35.0 Å². The molecule has 0 aromatic heterocycles. The van der Waals surface area contributed by atoms with E-state index >= 15 is 0 Å². The zero-order valence-corrected chi connectivity index (χ0v) is 18.9. The Kier molecular flexibility index (Phi) is 7.52. The van der Waals surface area contributed by atoms with Crippen LogP contribution in [0.1, 0.15) is 25.5 Å². The molecule has 8 heteroatoms. The molecule has 1 heterocycles. The number of amides is 1. The lowest BCUT2D eigenvalue weighted by Gasteiger charge is -2.38. The first kappa shape index (κ1) is 22.7. The summed E-state index contributed by atoms with van der Waals surface area (Å²) < 4.78 is 27.4. The molecule has 162 valence electrons. The highest BCUT2D eigenvalue weighted by atomic mass is 35.5. The molecule has 1 atom stereocenters. The number of piperazine rings is 1. The van der Waals surface area contributed by atoms with Gasteiger partial charge in [0.05, 0.1) is 5.02 Å². The summed E-state index contributed by atoms with van der Waals surface area (Å²) in [7, 11) is -3.69. The molecule has 1 fully saturated rings. The van der Waals surface area contributed by atoms with Crippen LogP contribution in [0.5, 0.6) is 0 Å². The van der Waals surface area contributed by atoms with E-state index < -0.39 is 10.0 Å². The van der Waals surface area contributed by atoms with Crippen molar-refractivity contribution in [2.45, 2.75) is 24.8 Å². The van der Waals surface area contributed by atoms with Crippen molar-refractivity contribution in [1.82, 2.24) is 14.1 Å². The van der Waals surface area contributed by atoms with Gasteiger partial charge in [0.2, 0.25) is 15.9 Å². The number of carbonyl (C=O) groups is 1. The predicted molar refractivity (Wildman–Crippen MR) is 119 cm³/mol. The number of sulfonamides is 1. The fraction of sp³-hybridized carbons (Fsp3) is 0.409. The van der Waals surface area contributed by atoms with Crippen molar-refractivity contribution < 1.29 is 13.2 Å². The quantitative estimate of drug-likeness (QED) is 0.651. The second kappa shape index (κ2) is 9.92.